The number of aryl methyl sites for hydroxylation is 1. The summed E-state index contributed by atoms with van der Waals surface area (Å²) in [6, 6.07) is 8.97. The van der Waals surface area contributed by atoms with Gasteiger partial charge in [0.1, 0.15) is 5.75 Å². The fourth-order valence-electron chi connectivity index (χ4n) is 2.16. The smallest absolute Gasteiger partial charge is 0.287 e. The van der Waals surface area contributed by atoms with E-state index in [0.29, 0.717) is 6.54 Å². The molecular weight excluding hydrogens is 296 g/mol. The van der Waals surface area contributed by atoms with Gasteiger partial charge in [-0.3, -0.25) is 9.59 Å². The molecule has 1 N–H and O–H groups in total. The second kappa shape index (κ2) is 7.49. The van der Waals surface area contributed by atoms with Crippen molar-refractivity contribution in [3.8, 4) is 5.75 Å². The number of furan rings is 1. The van der Waals surface area contributed by atoms with Gasteiger partial charge in [-0.25, -0.2) is 0 Å². The molecule has 0 fully saturated rings. The number of methoxy groups -OCH3 is 1. The number of nitrogens with one attached hydrogen (secondary N) is 1. The summed E-state index contributed by atoms with van der Waals surface area (Å²) >= 11 is 0. The van der Waals surface area contributed by atoms with E-state index in [0.717, 1.165) is 16.9 Å². The molecule has 0 saturated heterocycles. The topological polar surface area (TPSA) is 71.8 Å². The highest BCUT2D eigenvalue weighted by Gasteiger charge is 2.15. The highest BCUT2D eigenvalue weighted by molar-refractivity contribution is 5.94. The number of carbonyl (C=O) groups is 2. The summed E-state index contributed by atoms with van der Waals surface area (Å²) in [7, 11) is 3.28. The van der Waals surface area contributed by atoms with Crippen molar-refractivity contribution in [1.82, 2.24) is 10.2 Å². The van der Waals surface area contributed by atoms with Crippen LogP contribution in [0.1, 0.15) is 21.7 Å². The third-order valence-corrected chi connectivity index (χ3v) is 3.41. The molecule has 0 atom stereocenters. The van der Waals surface area contributed by atoms with Crippen LogP contribution >= 0.6 is 0 Å². The van der Waals surface area contributed by atoms with Crippen LogP contribution in [-0.4, -0.2) is 37.4 Å². The van der Waals surface area contributed by atoms with Crippen molar-refractivity contribution in [3.05, 3.63) is 53.5 Å². The number of likely N-dealkylation sites (N-methyl/N-ethyl adjacent to an activating group) is 1. The van der Waals surface area contributed by atoms with Crippen LogP contribution in [-0.2, 0) is 11.3 Å². The summed E-state index contributed by atoms with van der Waals surface area (Å²) in [6.45, 7) is 2.29. The summed E-state index contributed by atoms with van der Waals surface area (Å²) in [5.41, 5.74) is 2.01. The largest absolute Gasteiger partial charge is 0.496 e. The predicted octanol–water partition coefficient (Wildman–Crippen LogP) is 1.99. The number of nitrogens with zero attached hydrogens (tertiary/aromatic N) is 1. The molecular formula is C17H20N2O4. The van der Waals surface area contributed by atoms with E-state index in [1.165, 1.54) is 6.26 Å². The number of amides is 2. The lowest BCUT2D eigenvalue weighted by atomic mass is 10.1. The summed E-state index contributed by atoms with van der Waals surface area (Å²) < 4.78 is 10.3. The Morgan fingerprint density at radius 1 is 1.30 bits per heavy atom. The van der Waals surface area contributed by atoms with Gasteiger partial charge < -0.3 is 19.4 Å². The third-order valence-electron chi connectivity index (χ3n) is 3.41. The normalized spacial score (nSPS) is 10.2. The van der Waals surface area contributed by atoms with Crippen LogP contribution in [0.15, 0.2) is 41.0 Å². The highest BCUT2D eigenvalue weighted by Crippen LogP contribution is 2.20. The second-order valence-electron chi connectivity index (χ2n) is 5.23. The maximum Gasteiger partial charge on any atom is 0.287 e. The van der Waals surface area contributed by atoms with E-state index >= 15 is 0 Å². The maximum atomic E-state index is 12.1. The van der Waals surface area contributed by atoms with Crippen molar-refractivity contribution in [2.75, 3.05) is 20.7 Å². The monoisotopic (exact) mass is 316 g/mol. The first-order chi connectivity index (χ1) is 11.0. The Morgan fingerprint density at radius 2 is 2.09 bits per heavy atom. The molecule has 6 heteroatoms. The molecule has 0 unspecified atom stereocenters. The van der Waals surface area contributed by atoms with Gasteiger partial charge in [0.15, 0.2) is 5.76 Å². The molecule has 0 bridgehead atoms. The van der Waals surface area contributed by atoms with Gasteiger partial charge in [0.2, 0.25) is 5.91 Å². The van der Waals surface area contributed by atoms with E-state index in [1.807, 2.05) is 25.1 Å². The van der Waals surface area contributed by atoms with E-state index in [-0.39, 0.29) is 18.2 Å². The molecule has 1 heterocycles. The van der Waals surface area contributed by atoms with Gasteiger partial charge in [0, 0.05) is 19.2 Å². The Morgan fingerprint density at radius 3 is 2.74 bits per heavy atom. The average Bonchev–Trinajstić information content (AvgIpc) is 3.07. The lowest BCUT2D eigenvalue weighted by molar-refractivity contribution is -0.129. The minimum Gasteiger partial charge on any atom is -0.496 e. The van der Waals surface area contributed by atoms with Crippen molar-refractivity contribution in [3.63, 3.8) is 0 Å². The van der Waals surface area contributed by atoms with Crippen LogP contribution in [0.5, 0.6) is 5.75 Å². The molecule has 122 valence electrons. The van der Waals surface area contributed by atoms with Crippen LogP contribution in [0.3, 0.4) is 0 Å². The van der Waals surface area contributed by atoms with E-state index in [4.69, 9.17) is 9.15 Å². The fourth-order valence-corrected chi connectivity index (χ4v) is 2.16. The number of hydrogen-bond donors (Lipinski definition) is 1. The second-order valence-corrected chi connectivity index (χ2v) is 5.23. The minimum absolute atomic E-state index is 0.0931. The number of rotatable bonds is 6. The van der Waals surface area contributed by atoms with E-state index in [9.17, 15) is 9.59 Å². The molecule has 2 rings (SSSR count). The lowest BCUT2D eigenvalue weighted by Crippen LogP contribution is -2.37. The third kappa shape index (κ3) is 4.35. The summed E-state index contributed by atoms with van der Waals surface area (Å²) in [5, 5.41) is 2.54. The Balaban J connectivity index is 1.92. The first kappa shape index (κ1) is 16.6. The van der Waals surface area contributed by atoms with E-state index < -0.39 is 5.91 Å². The molecule has 23 heavy (non-hydrogen) atoms. The van der Waals surface area contributed by atoms with Gasteiger partial charge >= 0.3 is 0 Å². The zero-order valence-corrected chi connectivity index (χ0v) is 13.5. The summed E-state index contributed by atoms with van der Waals surface area (Å²) in [6.07, 6.45) is 1.41. The zero-order chi connectivity index (χ0) is 16.8. The Kier molecular flexibility index (Phi) is 5.41. The lowest BCUT2D eigenvalue weighted by Gasteiger charge is -2.19. The Bertz CT molecular complexity index is 680. The van der Waals surface area contributed by atoms with Gasteiger partial charge in [-0.15, -0.1) is 0 Å². The van der Waals surface area contributed by atoms with Crippen molar-refractivity contribution in [2.24, 2.45) is 0 Å². The quantitative estimate of drug-likeness (QED) is 0.884. The molecule has 0 saturated carbocycles. The van der Waals surface area contributed by atoms with Gasteiger partial charge in [-0.1, -0.05) is 17.7 Å². The van der Waals surface area contributed by atoms with Crippen molar-refractivity contribution >= 4 is 11.8 Å². The maximum absolute atomic E-state index is 12.1. The standard InChI is InChI=1S/C17H20N2O4/c1-12-6-7-14(22-3)13(9-12)11-19(2)16(20)10-18-17(21)15-5-4-8-23-15/h4-9H,10-11H2,1-3H3,(H,18,21). The van der Waals surface area contributed by atoms with Crippen LogP contribution in [0, 0.1) is 6.92 Å². The Hall–Kier alpha value is -2.76. The molecule has 6 nitrogen and oxygen atoms in total. The molecule has 0 spiro atoms. The minimum atomic E-state index is -0.412. The molecule has 2 aromatic rings. The highest BCUT2D eigenvalue weighted by atomic mass is 16.5. The molecule has 0 aliphatic heterocycles. The van der Waals surface area contributed by atoms with Crippen LogP contribution in [0.25, 0.3) is 0 Å². The van der Waals surface area contributed by atoms with Gasteiger partial charge in [0.25, 0.3) is 5.91 Å². The number of hydrogen-bond acceptors (Lipinski definition) is 4. The summed E-state index contributed by atoms with van der Waals surface area (Å²) in [4.78, 5) is 25.4. The van der Waals surface area contributed by atoms with E-state index in [1.54, 1.807) is 31.2 Å². The van der Waals surface area contributed by atoms with Crippen molar-refractivity contribution < 1.29 is 18.7 Å². The SMILES string of the molecule is COc1ccc(C)cc1CN(C)C(=O)CNC(=O)c1ccco1. The van der Waals surface area contributed by atoms with Gasteiger partial charge in [-0.05, 0) is 25.1 Å². The van der Waals surface area contributed by atoms with Crippen LogP contribution in [0.4, 0.5) is 0 Å². The average molecular weight is 316 g/mol. The van der Waals surface area contributed by atoms with E-state index in [2.05, 4.69) is 5.32 Å². The summed E-state index contributed by atoms with van der Waals surface area (Å²) in [5.74, 6) is 0.300. The van der Waals surface area contributed by atoms with Crippen molar-refractivity contribution in [1.29, 1.82) is 0 Å². The number of benzene rings is 1. The predicted molar refractivity (Wildman–Crippen MR) is 85.2 cm³/mol. The first-order valence-electron chi connectivity index (χ1n) is 7.20. The molecule has 2 amide bonds. The van der Waals surface area contributed by atoms with Gasteiger partial charge in [-0.2, -0.15) is 0 Å². The molecule has 0 aliphatic rings. The van der Waals surface area contributed by atoms with Crippen LogP contribution in [0.2, 0.25) is 0 Å². The van der Waals surface area contributed by atoms with Gasteiger partial charge in [0.05, 0.1) is 19.9 Å². The molecule has 0 radical (unpaired) electrons. The first-order valence-corrected chi connectivity index (χ1v) is 7.20. The number of carbonyl (C=O) groups excluding carboxylic acids is 2. The van der Waals surface area contributed by atoms with Crippen molar-refractivity contribution in [2.45, 2.75) is 13.5 Å². The Labute approximate surface area is 135 Å². The zero-order valence-electron chi connectivity index (χ0n) is 13.5. The van der Waals surface area contributed by atoms with Crippen LogP contribution < -0.4 is 10.1 Å². The molecule has 1 aromatic heterocycles. The number of ether oxygens (including phenoxy) is 1. The molecule has 1 aromatic carbocycles. The molecule has 0 aliphatic carbocycles. The fraction of sp³-hybridized carbons (Fsp3) is 0.294.